The van der Waals surface area contributed by atoms with Gasteiger partial charge in [-0.1, -0.05) is 36.2 Å². The summed E-state index contributed by atoms with van der Waals surface area (Å²) in [6, 6.07) is 8.75. The first-order chi connectivity index (χ1) is 19.4. The summed E-state index contributed by atoms with van der Waals surface area (Å²) in [4.78, 5) is 17.7. The summed E-state index contributed by atoms with van der Waals surface area (Å²) in [5.74, 6) is -0.0755. The van der Waals surface area contributed by atoms with E-state index in [4.69, 9.17) is 0 Å². The Labute approximate surface area is 237 Å². The molecule has 226 valence electrons. The summed E-state index contributed by atoms with van der Waals surface area (Å²) < 4.78 is 79.2. The molecule has 41 heavy (non-hydrogen) atoms. The van der Waals surface area contributed by atoms with Gasteiger partial charge >= 0.3 is 18.4 Å². The van der Waals surface area contributed by atoms with Gasteiger partial charge in [0.15, 0.2) is 0 Å². The van der Waals surface area contributed by atoms with Crippen LogP contribution in [0.5, 0.6) is 0 Å². The molecule has 0 aromatic heterocycles. The Hall–Kier alpha value is -2.79. The van der Waals surface area contributed by atoms with Gasteiger partial charge < -0.3 is 20.4 Å². The molecule has 5 nitrogen and oxygen atoms in total. The maximum atomic E-state index is 13.2. The Morgan fingerprint density at radius 2 is 1.46 bits per heavy atom. The molecule has 2 saturated heterocycles. The Balaban J connectivity index is 1.36. The second-order valence-corrected chi connectivity index (χ2v) is 11.2. The van der Waals surface area contributed by atoms with Crippen molar-refractivity contribution < 1.29 is 31.1 Å². The first-order valence-corrected chi connectivity index (χ1v) is 14.3. The largest absolute Gasteiger partial charge is 0.416 e. The number of amides is 2. The van der Waals surface area contributed by atoms with E-state index in [1.165, 1.54) is 32.4 Å². The molecule has 1 unspecified atom stereocenters. The van der Waals surface area contributed by atoms with Crippen LogP contribution in [0.25, 0.3) is 0 Å². The van der Waals surface area contributed by atoms with Crippen LogP contribution in [0.2, 0.25) is 0 Å². The van der Waals surface area contributed by atoms with Crippen LogP contribution in [0.1, 0.15) is 66.7 Å². The standard InChI is InChI=1S/C30H38F6N4O/c1-21-5-7-22(8-6-21)23(9-14-39-15-10-27(11-16-39)40-12-3-2-4-13-40)20-37-28(41)38-26-18-24(29(31,32)33)17-25(19-26)30(34,35)36/h5-8,17-19,23,27H,2-4,9-16,20H2,1H3,(H2,37,38,41). The SMILES string of the molecule is Cc1ccc(C(CCN2CCC(N3CCCCC3)CC2)CNC(=O)Nc2cc(C(F)(F)F)cc(C(F)(F)F)c2)cc1. The van der Waals surface area contributed by atoms with Crippen LogP contribution in [-0.2, 0) is 12.4 Å². The number of nitrogens with one attached hydrogen (secondary N) is 2. The molecule has 2 aliphatic rings. The number of piperidine rings is 2. The molecule has 2 aliphatic heterocycles. The minimum atomic E-state index is -4.99. The molecular weight excluding hydrogens is 546 g/mol. The molecule has 2 aromatic rings. The van der Waals surface area contributed by atoms with Gasteiger partial charge in [-0.3, -0.25) is 0 Å². The fourth-order valence-electron chi connectivity index (χ4n) is 5.77. The van der Waals surface area contributed by atoms with E-state index >= 15 is 0 Å². The Kier molecular flexibility index (Phi) is 10.2. The van der Waals surface area contributed by atoms with E-state index in [1.807, 2.05) is 31.2 Å². The fraction of sp³-hybridized carbons (Fsp3) is 0.567. The summed E-state index contributed by atoms with van der Waals surface area (Å²) in [6.45, 7) is 7.37. The second kappa shape index (κ2) is 13.5. The number of hydrogen-bond donors (Lipinski definition) is 2. The highest BCUT2D eigenvalue weighted by Gasteiger charge is 2.37. The molecule has 2 heterocycles. The highest BCUT2D eigenvalue weighted by molar-refractivity contribution is 5.89. The molecule has 2 aromatic carbocycles. The quantitative estimate of drug-likeness (QED) is 0.321. The zero-order chi connectivity index (χ0) is 29.6. The first kappa shape index (κ1) is 31.2. The number of hydrogen-bond acceptors (Lipinski definition) is 3. The van der Waals surface area contributed by atoms with Gasteiger partial charge in [0.25, 0.3) is 0 Å². The van der Waals surface area contributed by atoms with Crippen molar-refractivity contribution in [3.05, 3.63) is 64.7 Å². The number of nitrogens with zero attached hydrogens (tertiary/aromatic N) is 2. The van der Waals surface area contributed by atoms with Gasteiger partial charge in [-0.15, -0.1) is 0 Å². The molecule has 2 amide bonds. The van der Waals surface area contributed by atoms with Gasteiger partial charge in [0.2, 0.25) is 0 Å². The second-order valence-electron chi connectivity index (χ2n) is 11.2. The molecule has 4 rings (SSSR count). The van der Waals surface area contributed by atoms with Crippen molar-refractivity contribution in [3.8, 4) is 0 Å². The monoisotopic (exact) mass is 584 g/mol. The van der Waals surface area contributed by atoms with Gasteiger partial charge in [-0.05, 0) is 95.5 Å². The molecule has 11 heteroatoms. The third-order valence-electron chi connectivity index (χ3n) is 8.16. The van der Waals surface area contributed by atoms with Crippen LogP contribution < -0.4 is 10.6 Å². The van der Waals surface area contributed by atoms with Gasteiger partial charge in [0, 0.05) is 24.2 Å². The van der Waals surface area contributed by atoms with Crippen LogP contribution in [0, 0.1) is 6.92 Å². The topological polar surface area (TPSA) is 47.6 Å². The average molecular weight is 585 g/mol. The Morgan fingerprint density at radius 3 is 2.02 bits per heavy atom. The van der Waals surface area contributed by atoms with E-state index in [1.54, 1.807) is 0 Å². The van der Waals surface area contributed by atoms with Crippen LogP contribution in [0.15, 0.2) is 42.5 Å². The first-order valence-electron chi connectivity index (χ1n) is 14.3. The molecule has 0 saturated carbocycles. The molecule has 2 fully saturated rings. The number of rotatable bonds is 8. The number of urea groups is 1. The number of likely N-dealkylation sites (tertiary alicyclic amines) is 2. The van der Waals surface area contributed by atoms with Crippen LogP contribution in [-0.4, -0.2) is 61.1 Å². The zero-order valence-electron chi connectivity index (χ0n) is 23.3. The van der Waals surface area contributed by atoms with Crippen molar-refractivity contribution in [2.45, 2.75) is 69.8 Å². The Morgan fingerprint density at radius 1 is 0.878 bits per heavy atom. The number of anilines is 1. The molecule has 0 aliphatic carbocycles. The smallest absolute Gasteiger partial charge is 0.337 e. The minimum absolute atomic E-state index is 0.0336. The number of carbonyl (C=O) groups excluding carboxylic acids is 1. The minimum Gasteiger partial charge on any atom is -0.337 e. The highest BCUT2D eigenvalue weighted by Crippen LogP contribution is 2.37. The van der Waals surface area contributed by atoms with Crippen molar-refractivity contribution in [2.75, 3.05) is 44.6 Å². The number of benzene rings is 2. The normalized spacial score (nSPS) is 18.7. The van der Waals surface area contributed by atoms with Gasteiger partial charge in [-0.2, -0.15) is 26.3 Å². The summed E-state index contributed by atoms with van der Waals surface area (Å²) in [7, 11) is 0. The van der Waals surface area contributed by atoms with Crippen LogP contribution in [0.4, 0.5) is 36.8 Å². The zero-order valence-corrected chi connectivity index (χ0v) is 23.3. The summed E-state index contributed by atoms with van der Waals surface area (Å²) >= 11 is 0. The van der Waals surface area contributed by atoms with E-state index in [2.05, 4.69) is 20.4 Å². The van der Waals surface area contributed by atoms with E-state index in [9.17, 15) is 31.1 Å². The van der Waals surface area contributed by atoms with Gasteiger partial charge in [-0.25, -0.2) is 4.79 Å². The van der Waals surface area contributed by atoms with E-state index < -0.39 is 35.2 Å². The average Bonchev–Trinajstić information content (AvgIpc) is 2.93. The van der Waals surface area contributed by atoms with E-state index in [-0.39, 0.29) is 18.5 Å². The lowest BCUT2D eigenvalue weighted by molar-refractivity contribution is -0.143. The summed E-state index contributed by atoms with van der Waals surface area (Å²) in [5.41, 5.74) is -1.44. The maximum absolute atomic E-state index is 13.2. The lowest BCUT2D eigenvalue weighted by Gasteiger charge is -2.40. The van der Waals surface area contributed by atoms with Crippen LogP contribution >= 0.6 is 0 Å². The lowest BCUT2D eigenvalue weighted by Crippen LogP contribution is -2.47. The maximum Gasteiger partial charge on any atom is 0.416 e. The molecule has 1 atom stereocenters. The molecule has 2 N–H and O–H groups in total. The lowest BCUT2D eigenvalue weighted by atomic mass is 9.93. The van der Waals surface area contributed by atoms with Gasteiger partial charge in [0.05, 0.1) is 11.1 Å². The van der Waals surface area contributed by atoms with Crippen molar-refractivity contribution in [1.29, 1.82) is 0 Å². The molecule has 0 radical (unpaired) electrons. The van der Waals surface area contributed by atoms with Crippen molar-refractivity contribution in [1.82, 2.24) is 15.1 Å². The van der Waals surface area contributed by atoms with Crippen LogP contribution in [0.3, 0.4) is 0 Å². The molecule has 0 spiro atoms. The van der Waals surface area contributed by atoms with Crippen molar-refractivity contribution >= 4 is 11.7 Å². The van der Waals surface area contributed by atoms with E-state index in [0.29, 0.717) is 18.2 Å². The molecule has 0 bridgehead atoms. The fourth-order valence-corrected chi connectivity index (χ4v) is 5.77. The predicted octanol–water partition coefficient (Wildman–Crippen LogP) is 7.28. The number of carbonyl (C=O) groups is 1. The van der Waals surface area contributed by atoms with Crippen molar-refractivity contribution in [3.63, 3.8) is 0 Å². The predicted molar refractivity (Wildman–Crippen MR) is 147 cm³/mol. The highest BCUT2D eigenvalue weighted by atomic mass is 19.4. The van der Waals surface area contributed by atoms with E-state index in [0.717, 1.165) is 50.0 Å². The van der Waals surface area contributed by atoms with Crippen molar-refractivity contribution in [2.24, 2.45) is 0 Å². The number of halogens is 6. The number of aryl methyl sites for hydroxylation is 1. The van der Waals surface area contributed by atoms with Gasteiger partial charge in [0.1, 0.15) is 0 Å². The Bertz CT molecular complexity index is 1100. The summed E-state index contributed by atoms with van der Waals surface area (Å²) in [5, 5.41) is 4.82. The molecular formula is C30H38F6N4O. The number of alkyl halides is 6. The third kappa shape index (κ3) is 9.10. The third-order valence-corrected chi connectivity index (χ3v) is 8.16. The summed E-state index contributed by atoms with van der Waals surface area (Å²) in [6.07, 6.45) is -3.11.